The van der Waals surface area contributed by atoms with Crippen LogP contribution in [0.15, 0.2) is 18.5 Å². The molecule has 0 saturated heterocycles. The summed E-state index contributed by atoms with van der Waals surface area (Å²) in [5, 5.41) is 31.2. The van der Waals surface area contributed by atoms with Crippen LogP contribution in [0.1, 0.15) is 41.6 Å². The summed E-state index contributed by atoms with van der Waals surface area (Å²) in [4.78, 5) is 28.0. The van der Waals surface area contributed by atoms with E-state index in [-0.39, 0.29) is 28.2 Å². The molecule has 0 unspecified atom stereocenters. The molecule has 1 aliphatic rings. The molecule has 0 aromatic carbocycles. The minimum absolute atomic E-state index is 0.0715. The van der Waals surface area contributed by atoms with Gasteiger partial charge in [0.15, 0.2) is 0 Å². The first-order chi connectivity index (χ1) is 11.5. The van der Waals surface area contributed by atoms with E-state index in [1.165, 1.54) is 12.3 Å². The van der Waals surface area contributed by atoms with Crippen LogP contribution in [-0.2, 0) is 0 Å². The van der Waals surface area contributed by atoms with Crippen molar-refractivity contribution in [3.63, 3.8) is 0 Å². The highest BCUT2D eigenvalue weighted by atomic mass is 16.4. The van der Waals surface area contributed by atoms with Crippen molar-refractivity contribution in [2.24, 2.45) is 0 Å². The van der Waals surface area contributed by atoms with E-state index in [0.29, 0.717) is 12.8 Å². The SMILES string of the molecule is N#Cc1ccnc2c(C(=O)N[C@H]3CCCC[C@@H]3O)cn(C(=O)O)c12. The van der Waals surface area contributed by atoms with Crippen molar-refractivity contribution < 1.29 is 19.8 Å². The molecular formula is C16H16N4O4. The molecule has 1 saturated carbocycles. The van der Waals surface area contributed by atoms with E-state index in [1.54, 1.807) is 0 Å². The summed E-state index contributed by atoms with van der Waals surface area (Å²) < 4.78 is 0.826. The lowest BCUT2D eigenvalue weighted by molar-refractivity contribution is 0.0718. The van der Waals surface area contributed by atoms with Gasteiger partial charge in [-0.05, 0) is 18.9 Å². The molecule has 0 bridgehead atoms. The lowest BCUT2D eigenvalue weighted by atomic mass is 9.92. The van der Waals surface area contributed by atoms with Crippen LogP contribution in [0.5, 0.6) is 0 Å². The molecule has 2 aromatic rings. The molecule has 2 aromatic heterocycles. The zero-order valence-electron chi connectivity index (χ0n) is 12.8. The molecule has 1 amide bonds. The van der Waals surface area contributed by atoms with Crippen LogP contribution < -0.4 is 5.32 Å². The summed E-state index contributed by atoms with van der Waals surface area (Å²) in [5.74, 6) is -0.506. The molecule has 1 aliphatic carbocycles. The Morgan fingerprint density at radius 1 is 1.38 bits per heavy atom. The molecule has 0 aliphatic heterocycles. The lowest BCUT2D eigenvalue weighted by Crippen LogP contribution is -2.45. The van der Waals surface area contributed by atoms with E-state index in [0.717, 1.165) is 23.6 Å². The van der Waals surface area contributed by atoms with E-state index >= 15 is 0 Å². The number of rotatable bonds is 2. The third-order valence-corrected chi connectivity index (χ3v) is 4.30. The van der Waals surface area contributed by atoms with Crippen LogP contribution in [-0.4, -0.2) is 43.9 Å². The fraction of sp³-hybridized carbons (Fsp3) is 0.375. The van der Waals surface area contributed by atoms with E-state index in [9.17, 15) is 19.8 Å². The fourth-order valence-electron chi connectivity index (χ4n) is 3.08. The summed E-state index contributed by atoms with van der Waals surface area (Å²) in [5.41, 5.74) is 0.433. The monoisotopic (exact) mass is 328 g/mol. The number of carbonyl (C=O) groups is 2. The highest BCUT2D eigenvalue weighted by Crippen LogP contribution is 2.24. The molecule has 2 atom stereocenters. The molecule has 24 heavy (non-hydrogen) atoms. The summed E-state index contributed by atoms with van der Waals surface area (Å²) in [6.07, 6.45) is 3.72. The molecule has 1 fully saturated rings. The summed E-state index contributed by atoms with van der Waals surface area (Å²) in [6.45, 7) is 0. The summed E-state index contributed by atoms with van der Waals surface area (Å²) >= 11 is 0. The molecule has 0 radical (unpaired) electrons. The van der Waals surface area contributed by atoms with Gasteiger partial charge in [-0.2, -0.15) is 5.26 Å². The maximum Gasteiger partial charge on any atom is 0.416 e. The number of aliphatic hydroxyl groups is 1. The van der Waals surface area contributed by atoms with Crippen LogP contribution in [0, 0.1) is 11.3 Å². The maximum atomic E-state index is 12.6. The Morgan fingerprint density at radius 3 is 2.79 bits per heavy atom. The zero-order valence-corrected chi connectivity index (χ0v) is 12.8. The zero-order chi connectivity index (χ0) is 17.3. The van der Waals surface area contributed by atoms with Crippen molar-refractivity contribution in [3.8, 4) is 6.07 Å². The van der Waals surface area contributed by atoms with E-state index < -0.39 is 18.1 Å². The number of fused-ring (bicyclic) bond motifs is 1. The number of nitriles is 1. The van der Waals surface area contributed by atoms with Gasteiger partial charge in [-0.1, -0.05) is 12.8 Å². The number of nitrogens with zero attached hydrogens (tertiary/aromatic N) is 3. The number of aromatic nitrogens is 2. The summed E-state index contributed by atoms with van der Waals surface area (Å²) in [6, 6.07) is 2.94. The van der Waals surface area contributed by atoms with Gasteiger partial charge in [0.25, 0.3) is 5.91 Å². The van der Waals surface area contributed by atoms with Gasteiger partial charge < -0.3 is 15.5 Å². The van der Waals surface area contributed by atoms with Crippen molar-refractivity contribution in [1.29, 1.82) is 5.26 Å². The number of hydrogen-bond acceptors (Lipinski definition) is 5. The van der Waals surface area contributed by atoms with Gasteiger partial charge >= 0.3 is 6.09 Å². The van der Waals surface area contributed by atoms with Gasteiger partial charge in [0.1, 0.15) is 11.6 Å². The van der Waals surface area contributed by atoms with Crippen LogP contribution in [0.25, 0.3) is 11.0 Å². The predicted octanol–water partition coefficient (Wildman–Crippen LogP) is 1.47. The Labute approximate surface area is 137 Å². The number of carboxylic acid groups (broad SMARTS) is 1. The standard InChI is InChI=1S/C16H16N4O4/c17-7-9-5-6-18-13-10(8-20(14(9)13)16(23)24)15(22)19-11-3-1-2-4-12(11)21/h5-6,8,11-12,21H,1-4H2,(H,19,22)(H,23,24)/t11-,12-/m0/s1. The van der Waals surface area contributed by atoms with E-state index in [4.69, 9.17) is 5.26 Å². The van der Waals surface area contributed by atoms with Crippen LogP contribution in [0.3, 0.4) is 0 Å². The van der Waals surface area contributed by atoms with Crippen LogP contribution in [0.4, 0.5) is 4.79 Å². The van der Waals surface area contributed by atoms with E-state index in [2.05, 4.69) is 10.3 Å². The quantitative estimate of drug-likeness (QED) is 0.765. The van der Waals surface area contributed by atoms with Crippen molar-refractivity contribution in [2.75, 3.05) is 0 Å². The molecule has 3 rings (SSSR count). The van der Waals surface area contributed by atoms with Gasteiger partial charge in [-0.25, -0.2) is 9.36 Å². The molecule has 2 heterocycles. The highest BCUT2D eigenvalue weighted by Gasteiger charge is 2.27. The third kappa shape index (κ3) is 2.70. The van der Waals surface area contributed by atoms with E-state index in [1.807, 2.05) is 6.07 Å². The number of carbonyl (C=O) groups excluding carboxylic acids is 1. The van der Waals surface area contributed by atoms with Gasteiger partial charge in [0, 0.05) is 12.4 Å². The predicted molar refractivity (Wildman–Crippen MR) is 83.6 cm³/mol. The largest absolute Gasteiger partial charge is 0.464 e. The third-order valence-electron chi connectivity index (χ3n) is 4.30. The Kier molecular flexibility index (Phi) is 4.18. The molecule has 3 N–H and O–H groups in total. The Bertz CT molecular complexity index is 852. The summed E-state index contributed by atoms with van der Waals surface area (Å²) in [7, 11) is 0. The topological polar surface area (TPSA) is 128 Å². The first-order valence-corrected chi connectivity index (χ1v) is 7.65. The van der Waals surface area contributed by atoms with Gasteiger partial charge in [-0.3, -0.25) is 9.78 Å². The van der Waals surface area contributed by atoms with Crippen molar-refractivity contribution in [1.82, 2.24) is 14.9 Å². The van der Waals surface area contributed by atoms with Crippen LogP contribution in [0.2, 0.25) is 0 Å². The average molecular weight is 328 g/mol. The minimum atomic E-state index is -1.30. The number of aliphatic hydroxyl groups excluding tert-OH is 1. The first-order valence-electron chi connectivity index (χ1n) is 7.65. The number of amides is 1. The maximum absolute atomic E-state index is 12.6. The van der Waals surface area contributed by atoms with Crippen molar-refractivity contribution in [2.45, 2.75) is 37.8 Å². The van der Waals surface area contributed by atoms with Gasteiger partial charge in [0.2, 0.25) is 0 Å². The fourth-order valence-corrected chi connectivity index (χ4v) is 3.08. The second-order valence-electron chi connectivity index (χ2n) is 5.79. The number of pyridine rings is 1. The molecule has 8 heteroatoms. The Balaban J connectivity index is 2.02. The minimum Gasteiger partial charge on any atom is -0.464 e. The first kappa shape index (κ1) is 16.0. The molecule has 8 nitrogen and oxygen atoms in total. The Morgan fingerprint density at radius 2 is 2.12 bits per heavy atom. The molecule has 124 valence electrons. The average Bonchev–Trinajstić information content (AvgIpc) is 2.97. The highest BCUT2D eigenvalue weighted by molar-refractivity contribution is 6.08. The lowest BCUT2D eigenvalue weighted by Gasteiger charge is -2.28. The number of nitrogens with one attached hydrogen (secondary N) is 1. The van der Waals surface area contributed by atoms with Crippen molar-refractivity contribution in [3.05, 3.63) is 29.6 Å². The normalized spacial score (nSPS) is 20.5. The van der Waals surface area contributed by atoms with Gasteiger partial charge in [-0.15, -0.1) is 0 Å². The Hall–Kier alpha value is -2.92. The smallest absolute Gasteiger partial charge is 0.416 e. The second-order valence-corrected chi connectivity index (χ2v) is 5.79. The van der Waals surface area contributed by atoms with Gasteiger partial charge in [0.05, 0.1) is 28.8 Å². The molecule has 0 spiro atoms. The van der Waals surface area contributed by atoms with Crippen molar-refractivity contribution >= 4 is 23.0 Å². The molecular weight excluding hydrogens is 312 g/mol. The second kappa shape index (κ2) is 6.29. The number of hydrogen-bond donors (Lipinski definition) is 3. The van der Waals surface area contributed by atoms with Crippen LogP contribution >= 0.6 is 0 Å².